The number of esters is 1. The fraction of sp³-hybridized carbons (Fsp3) is 0.375. The minimum Gasteiger partial charge on any atom is -0.469 e. The highest BCUT2D eigenvalue weighted by Crippen LogP contribution is 2.69. The molecule has 28 heavy (non-hydrogen) atoms. The van der Waals surface area contributed by atoms with Crippen LogP contribution in [0.15, 0.2) is 72.8 Å². The fourth-order valence-electron chi connectivity index (χ4n) is 4.57. The molecule has 1 aliphatic carbocycles. The third-order valence-electron chi connectivity index (χ3n) is 5.89. The molecule has 2 aromatic rings. The lowest BCUT2D eigenvalue weighted by molar-refractivity contribution is -0.145. The maximum absolute atomic E-state index is 14.9. The van der Waals surface area contributed by atoms with Gasteiger partial charge in [0.05, 0.1) is 13.0 Å². The van der Waals surface area contributed by atoms with Gasteiger partial charge in [-0.25, -0.2) is 0 Å². The van der Waals surface area contributed by atoms with E-state index in [1.807, 2.05) is 81.4 Å². The van der Waals surface area contributed by atoms with Gasteiger partial charge < -0.3 is 9.30 Å². The van der Waals surface area contributed by atoms with Gasteiger partial charge in [0.1, 0.15) is 7.14 Å². The Labute approximate surface area is 168 Å². The van der Waals surface area contributed by atoms with E-state index in [-0.39, 0.29) is 23.5 Å². The number of carbonyl (C=O) groups is 1. The highest BCUT2D eigenvalue weighted by Gasteiger charge is 2.56. The van der Waals surface area contributed by atoms with E-state index in [2.05, 4.69) is 6.58 Å². The van der Waals surface area contributed by atoms with E-state index in [9.17, 15) is 9.36 Å². The zero-order chi connectivity index (χ0) is 20.5. The molecule has 148 valence electrons. The van der Waals surface area contributed by atoms with Crippen LogP contribution in [0.4, 0.5) is 0 Å². The predicted molar refractivity (Wildman–Crippen MR) is 116 cm³/mol. The number of hydrogen-bond donors (Lipinski definition) is 0. The van der Waals surface area contributed by atoms with Gasteiger partial charge in [0, 0.05) is 22.0 Å². The second-order valence-electron chi connectivity index (χ2n) is 8.54. The summed E-state index contributed by atoms with van der Waals surface area (Å²) in [6, 6.07) is 19.6. The average Bonchev–Trinajstić information content (AvgIpc) is 3.04. The van der Waals surface area contributed by atoms with E-state index in [0.717, 1.165) is 16.4 Å². The first-order valence-electron chi connectivity index (χ1n) is 9.67. The molecule has 0 aliphatic heterocycles. The molecule has 1 fully saturated rings. The first-order chi connectivity index (χ1) is 13.2. The van der Waals surface area contributed by atoms with Gasteiger partial charge >= 0.3 is 5.97 Å². The Balaban J connectivity index is 2.24. The van der Waals surface area contributed by atoms with E-state index >= 15 is 0 Å². The molecule has 3 nitrogen and oxygen atoms in total. The Hall–Kier alpha value is -2.12. The van der Waals surface area contributed by atoms with Crippen molar-refractivity contribution in [3.8, 4) is 0 Å². The molecular weight excluding hydrogens is 367 g/mol. The highest BCUT2D eigenvalue weighted by atomic mass is 31.2. The third kappa shape index (κ3) is 3.37. The molecule has 4 atom stereocenters. The lowest BCUT2D eigenvalue weighted by atomic mass is 9.88. The minimum atomic E-state index is -2.98. The second kappa shape index (κ2) is 7.72. The van der Waals surface area contributed by atoms with Gasteiger partial charge in [0.15, 0.2) is 0 Å². The molecular formula is C24H29O3P. The van der Waals surface area contributed by atoms with Crippen molar-refractivity contribution in [2.75, 3.05) is 7.11 Å². The summed E-state index contributed by atoms with van der Waals surface area (Å²) in [7, 11) is -1.56. The van der Waals surface area contributed by atoms with Crippen LogP contribution in [0.25, 0.3) is 0 Å². The summed E-state index contributed by atoms with van der Waals surface area (Å²) < 4.78 is 20.0. The van der Waals surface area contributed by atoms with Crippen LogP contribution in [0.2, 0.25) is 0 Å². The first-order valence-corrected chi connectivity index (χ1v) is 11.4. The topological polar surface area (TPSA) is 43.4 Å². The third-order valence-corrected chi connectivity index (χ3v) is 10.4. The SMILES string of the molecule is C=C1C[C@@H](C(=O)OC)[C@H](c2ccccc2)[C@H]1[P@@](=O)(c1ccccc1)C(C)(C)C. The van der Waals surface area contributed by atoms with Crippen LogP contribution < -0.4 is 5.30 Å². The molecule has 1 saturated carbocycles. The van der Waals surface area contributed by atoms with Crippen molar-refractivity contribution in [1.29, 1.82) is 0 Å². The zero-order valence-corrected chi connectivity index (χ0v) is 18.0. The Morgan fingerprint density at radius 2 is 1.57 bits per heavy atom. The maximum atomic E-state index is 14.9. The van der Waals surface area contributed by atoms with Gasteiger partial charge in [-0.3, -0.25) is 4.79 Å². The van der Waals surface area contributed by atoms with Crippen LogP contribution in [0.3, 0.4) is 0 Å². The van der Waals surface area contributed by atoms with Gasteiger partial charge in [0.25, 0.3) is 0 Å². The summed E-state index contributed by atoms with van der Waals surface area (Å²) in [5, 5.41) is 0.375. The van der Waals surface area contributed by atoms with Crippen molar-refractivity contribution in [1.82, 2.24) is 0 Å². The van der Waals surface area contributed by atoms with Gasteiger partial charge in [-0.1, -0.05) is 93.6 Å². The van der Waals surface area contributed by atoms with Crippen molar-refractivity contribution >= 4 is 18.4 Å². The van der Waals surface area contributed by atoms with Gasteiger partial charge in [-0.05, 0) is 12.0 Å². The van der Waals surface area contributed by atoms with Crippen LogP contribution in [0.1, 0.15) is 38.7 Å². The first kappa shape index (κ1) is 20.6. The zero-order valence-electron chi connectivity index (χ0n) is 17.1. The van der Waals surface area contributed by atoms with Gasteiger partial charge in [0.2, 0.25) is 0 Å². The second-order valence-corrected chi connectivity index (χ2v) is 12.3. The average molecular weight is 396 g/mol. The van der Waals surface area contributed by atoms with E-state index in [4.69, 9.17) is 4.74 Å². The van der Waals surface area contributed by atoms with Crippen molar-refractivity contribution in [3.63, 3.8) is 0 Å². The molecule has 0 bridgehead atoms. The standard InChI is InChI=1S/C24H29O3P/c1-17-16-20(23(25)27-5)21(18-12-8-6-9-13-18)22(17)28(26,24(2,3)4)19-14-10-7-11-15-19/h6-15,20-22H,1,16H2,2-5H3/t20-,21+,22+,28+/m1/s1. The lowest BCUT2D eigenvalue weighted by Crippen LogP contribution is -2.35. The molecule has 4 heteroatoms. The molecule has 0 unspecified atom stereocenters. The molecule has 2 aromatic carbocycles. The minimum absolute atomic E-state index is 0.216. The summed E-state index contributed by atoms with van der Waals surface area (Å²) in [6.07, 6.45) is 0.504. The Bertz CT molecular complexity index is 896. The molecule has 0 spiro atoms. The fourth-order valence-corrected chi connectivity index (χ4v) is 8.57. The van der Waals surface area contributed by atoms with E-state index < -0.39 is 12.3 Å². The largest absolute Gasteiger partial charge is 0.469 e. The van der Waals surface area contributed by atoms with Crippen LogP contribution in [0, 0.1) is 5.92 Å². The Kier molecular flexibility index (Phi) is 5.68. The number of ether oxygens (including phenoxy) is 1. The molecule has 0 heterocycles. The number of hydrogen-bond acceptors (Lipinski definition) is 3. The van der Waals surface area contributed by atoms with E-state index in [1.165, 1.54) is 7.11 Å². The number of carbonyl (C=O) groups excluding carboxylic acids is 1. The van der Waals surface area contributed by atoms with Gasteiger partial charge in [-0.2, -0.15) is 0 Å². The Morgan fingerprint density at radius 1 is 1.04 bits per heavy atom. The summed E-state index contributed by atoms with van der Waals surface area (Å²) in [4.78, 5) is 12.6. The number of allylic oxidation sites excluding steroid dienone is 1. The van der Waals surface area contributed by atoms with Crippen LogP contribution >= 0.6 is 7.14 Å². The summed E-state index contributed by atoms with van der Waals surface area (Å²) in [5.41, 5.74) is 1.59. The van der Waals surface area contributed by atoms with Crippen molar-refractivity contribution in [2.45, 2.75) is 43.9 Å². The van der Waals surface area contributed by atoms with Crippen LogP contribution in [-0.4, -0.2) is 23.9 Å². The summed E-state index contributed by atoms with van der Waals surface area (Å²) in [6.45, 7) is 10.4. The predicted octanol–water partition coefficient (Wildman–Crippen LogP) is 5.38. The molecule has 1 aliphatic rings. The normalized spacial score (nSPS) is 24.6. The van der Waals surface area contributed by atoms with E-state index in [0.29, 0.717) is 6.42 Å². The van der Waals surface area contributed by atoms with Crippen molar-refractivity contribution in [2.24, 2.45) is 5.92 Å². The lowest BCUT2D eigenvalue weighted by Gasteiger charge is -2.40. The highest BCUT2D eigenvalue weighted by molar-refractivity contribution is 7.74. The number of benzene rings is 2. The summed E-state index contributed by atoms with van der Waals surface area (Å²) in [5.74, 6) is -0.846. The quantitative estimate of drug-likeness (QED) is 0.396. The van der Waals surface area contributed by atoms with Crippen LogP contribution in [0.5, 0.6) is 0 Å². The molecule has 0 amide bonds. The van der Waals surface area contributed by atoms with Crippen LogP contribution in [-0.2, 0) is 14.1 Å². The number of methoxy groups -OCH3 is 1. The Morgan fingerprint density at radius 3 is 2.07 bits per heavy atom. The molecule has 3 rings (SSSR count). The van der Waals surface area contributed by atoms with Crippen molar-refractivity contribution < 1.29 is 14.1 Å². The number of rotatable bonds is 4. The van der Waals surface area contributed by atoms with E-state index in [1.54, 1.807) is 0 Å². The molecule has 0 aromatic heterocycles. The monoisotopic (exact) mass is 396 g/mol. The smallest absolute Gasteiger partial charge is 0.309 e. The van der Waals surface area contributed by atoms with Crippen molar-refractivity contribution in [3.05, 3.63) is 78.4 Å². The molecule has 0 N–H and O–H groups in total. The molecule has 0 saturated heterocycles. The van der Waals surface area contributed by atoms with Gasteiger partial charge in [-0.15, -0.1) is 0 Å². The maximum Gasteiger partial charge on any atom is 0.309 e. The molecule has 0 radical (unpaired) electrons. The summed E-state index contributed by atoms with van der Waals surface area (Å²) >= 11 is 0.